The van der Waals surface area contributed by atoms with Gasteiger partial charge in [0, 0.05) is 17.8 Å². The maximum Gasteiger partial charge on any atom is 0.243 e. The van der Waals surface area contributed by atoms with E-state index < -0.39 is 5.25 Å². The summed E-state index contributed by atoms with van der Waals surface area (Å²) in [5.74, 6) is -0.371. The molecule has 0 bridgehead atoms. The van der Waals surface area contributed by atoms with Gasteiger partial charge in [0.1, 0.15) is 0 Å². The molecule has 3 aromatic rings. The first-order chi connectivity index (χ1) is 13.9. The van der Waals surface area contributed by atoms with Crippen LogP contribution in [0.3, 0.4) is 0 Å². The Morgan fingerprint density at radius 3 is 2.79 bits per heavy atom. The average Bonchev–Trinajstić information content (AvgIpc) is 3.08. The molecule has 1 unspecified atom stereocenters. The highest BCUT2D eigenvalue weighted by Crippen LogP contribution is 2.26. The molecular weight excluding hydrogens is 408 g/mol. The summed E-state index contributed by atoms with van der Waals surface area (Å²) in [4.78, 5) is 34.1. The van der Waals surface area contributed by atoms with Crippen LogP contribution in [-0.4, -0.2) is 45.5 Å². The number of aryl methyl sites for hydroxylation is 1. The first kappa shape index (κ1) is 21.2. The molecule has 0 aliphatic heterocycles. The number of H-pyrrole nitrogens is 1. The molecule has 0 saturated heterocycles. The molecule has 0 aliphatic rings. The first-order valence-electron chi connectivity index (χ1n) is 9.32. The minimum absolute atomic E-state index is 0.0163. The summed E-state index contributed by atoms with van der Waals surface area (Å²) in [5.41, 5.74) is 3.45. The topological polar surface area (TPSA) is 78.1 Å². The standard InChI is InChI=1S/C21H23ClN4O2S/c1-4-14-7-5-6-8-16(14)23-19(27)12-26(3)20(28)13(2)29-21-24-17-10-9-15(22)11-18(17)25-21/h5-11,13H,4,12H2,1-3H3,(H,23,27)(H,24,25). The Kier molecular flexibility index (Phi) is 6.82. The van der Waals surface area contributed by atoms with Crippen molar-refractivity contribution >= 4 is 51.9 Å². The molecule has 1 aromatic heterocycles. The quantitative estimate of drug-likeness (QED) is 0.546. The minimum atomic E-state index is -0.397. The Morgan fingerprint density at radius 1 is 1.28 bits per heavy atom. The monoisotopic (exact) mass is 430 g/mol. The number of nitrogens with zero attached hydrogens (tertiary/aromatic N) is 2. The SMILES string of the molecule is CCc1ccccc1NC(=O)CN(C)C(=O)C(C)Sc1nc2ccc(Cl)cc2[nH]1. The van der Waals surface area contributed by atoms with E-state index in [0.717, 1.165) is 28.7 Å². The number of nitrogens with one attached hydrogen (secondary N) is 2. The zero-order valence-corrected chi connectivity index (χ0v) is 18.1. The van der Waals surface area contributed by atoms with Gasteiger partial charge in [0.25, 0.3) is 0 Å². The zero-order valence-electron chi connectivity index (χ0n) is 16.5. The summed E-state index contributed by atoms with van der Waals surface area (Å²) in [7, 11) is 1.63. The fraction of sp³-hybridized carbons (Fsp3) is 0.286. The number of carbonyl (C=O) groups excluding carboxylic acids is 2. The van der Waals surface area contributed by atoms with Gasteiger partial charge in [-0.1, -0.05) is 48.5 Å². The van der Waals surface area contributed by atoms with Gasteiger partial charge in [0.05, 0.1) is 22.8 Å². The van der Waals surface area contributed by atoms with Crippen LogP contribution in [0.2, 0.25) is 5.02 Å². The number of aromatic nitrogens is 2. The van der Waals surface area contributed by atoms with Crippen LogP contribution in [0.5, 0.6) is 0 Å². The van der Waals surface area contributed by atoms with Crippen LogP contribution in [0, 0.1) is 0 Å². The van der Waals surface area contributed by atoms with E-state index in [9.17, 15) is 9.59 Å². The number of amides is 2. The zero-order chi connectivity index (χ0) is 21.0. The first-order valence-corrected chi connectivity index (χ1v) is 10.6. The highest BCUT2D eigenvalue weighted by Gasteiger charge is 2.22. The van der Waals surface area contributed by atoms with E-state index in [2.05, 4.69) is 15.3 Å². The number of hydrogen-bond donors (Lipinski definition) is 2. The lowest BCUT2D eigenvalue weighted by atomic mass is 10.1. The predicted octanol–water partition coefficient (Wildman–Crippen LogP) is 4.36. The Hall–Kier alpha value is -2.51. The van der Waals surface area contributed by atoms with Crippen molar-refractivity contribution in [1.82, 2.24) is 14.9 Å². The lowest BCUT2D eigenvalue weighted by Gasteiger charge is -2.20. The molecule has 152 valence electrons. The number of benzene rings is 2. The van der Waals surface area contributed by atoms with Gasteiger partial charge in [0.15, 0.2) is 5.16 Å². The summed E-state index contributed by atoms with van der Waals surface area (Å²) in [6, 6.07) is 13.1. The number of hydrogen-bond acceptors (Lipinski definition) is 4. The number of fused-ring (bicyclic) bond motifs is 1. The van der Waals surface area contributed by atoms with Crippen LogP contribution in [0.15, 0.2) is 47.6 Å². The van der Waals surface area contributed by atoms with Gasteiger partial charge in [-0.2, -0.15) is 0 Å². The van der Waals surface area contributed by atoms with E-state index in [0.29, 0.717) is 10.2 Å². The van der Waals surface area contributed by atoms with Gasteiger partial charge in [-0.3, -0.25) is 9.59 Å². The number of rotatable bonds is 7. The van der Waals surface area contributed by atoms with Crippen molar-refractivity contribution in [2.45, 2.75) is 30.7 Å². The van der Waals surface area contributed by atoms with E-state index in [1.54, 1.807) is 26.1 Å². The number of halogens is 1. The van der Waals surface area contributed by atoms with E-state index in [1.165, 1.54) is 16.7 Å². The van der Waals surface area contributed by atoms with E-state index in [4.69, 9.17) is 11.6 Å². The van der Waals surface area contributed by atoms with Crippen LogP contribution < -0.4 is 5.32 Å². The number of carbonyl (C=O) groups is 2. The molecule has 3 rings (SSSR count). The van der Waals surface area contributed by atoms with Gasteiger partial charge < -0.3 is 15.2 Å². The molecule has 2 N–H and O–H groups in total. The van der Waals surface area contributed by atoms with Crippen molar-refractivity contribution in [2.24, 2.45) is 0 Å². The second kappa shape index (κ2) is 9.33. The molecule has 0 fully saturated rings. The summed E-state index contributed by atoms with van der Waals surface area (Å²) >= 11 is 7.31. The van der Waals surface area contributed by atoms with Gasteiger partial charge in [-0.05, 0) is 43.2 Å². The highest BCUT2D eigenvalue weighted by molar-refractivity contribution is 8.00. The van der Waals surface area contributed by atoms with Crippen molar-refractivity contribution < 1.29 is 9.59 Å². The fourth-order valence-electron chi connectivity index (χ4n) is 2.98. The molecule has 8 heteroatoms. The van der Waals surface area contributed by atoms with Gasteiger partial charge >= 0.3 is 0 Å². The number of imidazole rings is 1. The summed E-state index contributed by atoms with van der Waals surface area (Å²) in [6.07, 6.45) is 0.821. The number of aromatic amines is 1. The summed E-state index contributed by atoms with van der Waals surface area (Å²) in [5, 5.41) is 3.75. The molecule has 0 radical (unpaired) electrons. The van der Waals surface area contributed by atoms with Crippen molar-refractivity contribution in [3.63, 3.8) is 0 Å². The van der Waals surface area contributed by atoms with E-state index in [1.807, 2.05) is 37.3 Å². The maximum atomic E-state index is 12.7. The Bertz CT molecular complexity index is 1040. The van der Waals surface area contributed by atoms with Gasteiger partial charge in [-0.25, -0.2) is 4.98 Å². The average molecular weight is 431 g/mol. The van der Waals surface area contributed by atoms with Crippen molar-refractivity contribution in [3.8, 4) is 0 Å². The number of anilines is 1. The molecule has 2 aromatic carbocycles. The van der Waals surface area contributed by atoms with E-state index >= 15 is 0 Å². The lowest BCUT2D eigenvalue weighted by molar-refractivity contribution is -0.132. The smallest absolute Gasteiger partial charge is 0.243 e. The van der Waals surface area contributed by atoms with Crippen LogP contribution in [0.1, 0.15) is 19.4 Å². The van der Waals surface area contributed by atoms with Gasteiger partial charge in [0.2, 0.25) is 11.8 Å². The van der Waals surface area contributed by atoms with Gasteiger partial charge in [-0.15, -0.1) is 0 Å². The number of para-hydroxylation sites is 1. The number of likely N-dealkylation sites (N-methyl/N-ethyl adjacent to an activating group) is 1. The maximum absolute atomic E-state index is 12.7. The Labute approximate surface area is 179 Å². The number of thioether (sulfide) groups is 1. The Balaban J connectivity index is 1.58. The largest absolute Gasteiger partial charge is 0.335 e. The normalized spacial score (nSPS) is 12.0. The van der Waals surface area contributed by atoms with Crippen molar-refractivity contribution in [1.29, 1.82) is 0 Å². The fourth-order valence-corrected chi connectivity index (χ4v) is 4.08. The van der Waals surface area contributed by atoms with Crippen LogP contribution in [0.25, 0.3) is 11.0 Å². The molecular formula is C21H23ClN4O2S. The Morgan fingerprint density at radius 2 is 2.03 bits per heavy atom. The molecule has 29 heavy (non-hydrogen) atoms. The van der Waals surface area contributed by atoms with Crippen LogP contribution in [-0.2, 0) is 16.0 Å². The summed E-state index contributed by atoms with van der Waals surface area (Å²) < 4.78 is 0. The van der Waals surface area contributed by atoms with Crippen LogP contribution >= 0.6 is 23.4 Å². The molecule has 1 atom stereocenters. The van der Waals surface area contributed by atoms with E-state index in [-0.39, 0.29) is 18.4 Å². The summed E-state index contributed by atoms with van der Waals surface area (Å²) in [6.45, 7) is 3.82. The molecule has 0 spiro atoms. The third kappa shape index (κ3) is 5.31. The molecule has 0 saturated carbocycles. The highest BCUT2D eigenvalue weighted by atomic mass is 35.5. The van der Waals surface area contributed by atoms with Crippen molar-refractivity contribution in [3.05, 3.63) is 53.1 Å². The lowest BCUT2D eigenvalue weighted by Crippen LogP contribution is -2.39. The molecule has 6 nitrogen and oxygen atoms in total. The molecule has 0 aliphatic carbocycles. The van der Waals surface area contributed by atoms with Crippen molar-refractivity contribution in [2.75, 3.05) is 18.9 Å². The second-order valence-corrected chi connectivity index (χ2v) is 8.48. The van der Waals surface area contributed by atoms with Crippen LogP contribution in [0.4, 0.5) is 5.69 Å². The second-order valence-electron chi connectivity index (χ2n) is 6.72. The molecule has 1 heterocycles. The molecule has 2 amide bonds. The third-order valence-electron chi connectivity index (χ3n) is 4.49. The predicted molar refractivity (Wildman–Crippen MR) is 119 cm³/mol. The minimum Gasteiger partial charge on any atom is -0.335 e. The third-order valence-corrected chi connectivity index (χ3v) is 5.69.